The van der Waals surface area contributed by atoms with Gasteiger partial charge in [-0.15, -0.1) is 0 Å². The molecule has 20 heavy (non-hydrogen) atoms. The molecule has 1 aromatic carbocycles. The van der Waals surface area contributed by atoms with E-state index in [-0.39, 0.29) is 0 Å². The quantitative estimate of drug-likeness (QED) is 0.629. The molecule has 0 aromatic heterocycles. The number of ether oxygens (including phenoxy) is 1. The number of para-hydroxylation sites is 1. The molecule has 0 aliphatic rings. The van der Waals surface area contributed by atoms with Crippen LogP contribution in [0.1, 0.15) is 39.2 Å². The lowest BCUT2D eigenvalue weighted by Gasteiger charge is -2.18. The molecule has 114 valence electrons. The number of nitrogens with zero attached hydrogens (tertiary/aromatic N) is 1. The summed E-state index contributed by atoms with van der Waals surface area (Å²) in [4.78, 5) is 2.43. The van der Waals surface area contributed by atoms with E-state index < -0.39 is 0 Å². The van der Waals surface area contributed by atoms with E-state index in [9.17, 15) is 0 Å². The van der Waals surface area contributed by atoms with E-state index in [1.165, 1.54) is 12.0 Å². The van der Waals surface area contributed by atoms with Crippen LogP contribution in [0, 0.1) is 0 Å². The number of unbranched alkanes of at least 4 members (excludes halogenated alkanes) is 1. The van der Waals surface area contributed by atoms with Gasteiger partial charge >= 0.3 is 0 Å². The average molecular weight is 278 g/mol. The molecule has 0 spiro atoms. The molecule has 0 bridgehead atoms. The zero-order valence-corrected chi connectivity index (χ0v) is 13.3. The van der Waals surface area contributed by atoms with Crippen molar-refractivity contribution in [3.63, 3.8) is 0 Å². The van der Waals surface area contributed by atoms with Gasteiger partial charge in [-0.25, -0.2) is 0 Å². The molecule has 0 saturated carbocycles. The van der Waals surface area contributed by atoms with E-state index >= 15 is 0 Å². The third-order valence-corrected chi connectivity index (χ3v) is 3.54. The van der Waals surface area contributed by atoms with Crippen LogP contribution in [0.3, 0.4) is 0 Å². The Labute approximate surface area is 124 Å². The Hall–Kier alpha value is -1.06. The van der Waals surface area contributed by atoms with Crippen LogP contribution in [0.5, 0.6) is 5.75 Å². The molecular weight excluding hydrogens is 248 g/mol. The third kappa shape index (κ3) is 6.40. The van der Waals surface area contributed by atoms with Gasteiger partial charge in [-0.1, -0.05) is 45.4 Å². The fraction of sp³-hybridized carbons (Fsp3) is 0.647. The summed E-state index contributed by atoms with van der Waals surface area (Å²) < 4.78 is 5.85. The molecule has 1 rings (SSSR count). The summed E-state index contributed by atoms with van der Waals surface area (Å²) in [7, 11) is 0. The number of rotatable bonds is 11. The second-order valence-corrected chi connectivity index (χ2v) is 5.01. The number of nitrogens with one attached hydrogen (secondary N) is 1. The average Bonchev–Trinajstić information content (AvgIpc) is 2.49. The maximum Gasteiger partial charge on any atom is 0.123 e. The summed E-state index contributed by atoms with van der Waals surface area (Å²) in [6, 6.07) is 8.33. The van der Waals surface area contributed by atoms with E-state index in [4.69, 9.17) is 4.74 Å². The Morgan fingerprint density at radius 3 is 2.55 bits per heavy atom. The topological polar surface area (TPSA) is 24.5 Å². The third-order valence-electron chi connectivity index (χ3n) is 3.54. The summed E-state index contributed by atoms with van der Waals surface area (Å²) in [5.41, 5.74) is 1.25. The van der Waals surface area contributed by atoms with Crippen LogP contribution >= 0.6 is 0 Å². The minimum atomic E-state index is 0.812. The monoisotopic (exact) mass is 278 g/mol. The van der Waals surface area contributed by atoms with Crippen molar-refractivity contribution in [2.24, 2.45) is 0 Å². The number of benzene rings is 1. The second-order valence-electron chi connectivity index (χ2n) is 5.01. The largest absolute Gasteiger partial charge is 0.493 e. The SMILES string of the molecule is CCCCOc1ccccc1CNCCN(CC)CC. The number of hydrogen-bond donors (Lipinski definition) is 1. The molecule has 0 fully saturated rings. The number of likely N-dealkylation sites (N-methyl/N-ethyl adjacent to an activating group) is 1. The molecule has 1 N–H and O–H groups in total. The van der Waals surface area contributed by atoms with Crippen molar-refractivity contribution in [3.8, 4) is 5.75 Å². The lowest BCUT2D eigenvalue weighted by Crippen LogP contribution is -2.31. The zero-order chi connectivity index (χ0) is 14.6. The van der Waals surface area contributed by atoms with Crippen LogP contribution < -0.4 is 10.1 Å². The van der Waals surface area contributed by atoms with Gasteiger partial charge in [0.25, 0.3) is 0 Å². The summed E-state index contributed by atoms with van der Waals surface area (Å²) in [6.07, 6.45) is 2.29. The standard InChI is InChI=1S/C17H30N2O/c1-4-7-14-20-17-11-9-8-10-16(17)15-18-12-13-19(5-2)6-3/h8-11,18H,4-7,12-15H2,1-3H3. The lowest BCUT2D eigenvalue weighted by molar-refractivity contribution is 0.297. The maximum absolute atomic E-state index is 5.85. The van der Waals surface area contributed by atoms with Crippen molar-refractivity contribution in [3.05, 3.63) is 29.8 Å². The van der Waals surface area contributed by atoms with Gasteiger partial charge in [0.1, 0.15) is 5.75 Å². The molecule has 0 saturated heterocycles. The van der Waals surface area contributed by atoms with E-state index in [2.05, 4.69) is 49.2 Å². The normalized spacial score (nSPS) is 11.0. The Balaban J connectivity index is 2.35. The molecule has 0 unspecified atom stereocenters. The molecule has 1 aromatic rings. The highest BCUT2D eigenvalue weighted by molar-refractivity contribution is 5.33. The predicted octanol–water partition coefficient (Wildman–Crippen LogP) is 3.30. The Morgan fingerprint density at radius 1 is 1.10 bits per heavy atom. The van der Waals surface area contributed by atoms with Crippen molar-refractivity contribution >= 4 is 0 Å². The van der Waals surface area contributed by atoms with Crippen LogP contribution in [0.4, 0.5) is 0 Å². The van der Waals surface area contributed by atoms with E-state index in [0.717, 1.165) is 51.5 Å². The molecule has 0 radical (unpaired) electrons. The van der Waals surface area contributed by atoms with Crippen LogP contribution in [0.2, 0.25) is 0 Å². The highest BCUT2D eigenvalue weighted by atomic mass is 16.5. The van der Waals surface area contributed by atoms with Gasteiger partial charge in [-0.3, -0.25) is 0 Å². The van der Waals surface area contributed by atoms with E-state index in [1.54, 1.807) is 0 Å². The first-order valence-corrected chi connectivity index (χ1v) is 7.95. The van der Waals surface area contributed by atoms with Gasteiger partial charge in [-0.05, 0) is 25.6 Å². The first-order valence-electron chi connectivity index (χ1n) is 7.95. The van der Waals surface area contributed by atoms with Crippen LogP contribution in [-0.2, 0) is 6.54 Å². The Kier molecular flexibility index (Phi) is 9.09. The predicted molar refractivity (Wildman–Crippen MR) is 86.3 cm³/mol. The first-order chi connectivity index (χ1) is 9.81. The van der Waals surface area contributed by atoms with Gasteiger partial charge in [0.15, 0.2) is 0 Å². The van der Waals surface area contributed by atoms with Crippen LogP contribution in [-0.4, -0.2) is 37.7 Å². The molecule has 0 atom stereocenters. The molecule has 0 heterocycles. The number of hydrogen-bond acceptors (Lipinski definition) is 3. The van der Waals surface area contributed by atoms with Crippen molar-refractivity contribution < 1.29 is 4.74 Å². The second kappa shape index (κ2) is 10.7. The summed E-state index contributed by atoms with van der Waals surface area (Å²) in [5.74, 6) is 1.02. The smallest absolute Gasteiger partial charge is 0.123 e. The molecule has 3 nitrogen and oxygen atoms in total. The van der Waals surface area contributed by atoms with Crippen molar-refractivity contribution in [1.29, 1.82) is 0 Å². The van der Waals surface area contributed by atoms with Gasteiger partial charge < -0.3 is 15.0 Å². The molecule has 0 aliphatic heterocycles. The Bertz CT molecular complexity index is 351. The fourth-order valence-corrected chi connectivity index (χ4v) is 2.12. The molecule has 3 heteroatoms. The minimum absolute atomic E-state index is 0.812. The van der Waals surface area contributed by atoms with Crippen molar-refractivity contribution in [2.75, 3.05) is 32.8 Å². The first kappa shape index (κ1) is 17.0. The van der Waals surface area contributed by atoms with Crippen molar-refractivity contribution in [1.82, 2.24) is 10.2 Å². The summed E-state index contributed by atoms with van der Waals surface area (Å²) in [5, 5.41) is 3.51. The van der Waals surface area contributed by atoms with Crippen molar-refractivity contribution in [2.45, 2.75) is 40.2 Å². The van der Waals surface area contributed by atoms with Crippen LogP contribution in [0.25, 0.3) is 0 Å². The van der Waals surface area contributed by atoms with Gasteiger partial charge in [0.05, 0.1) is 6.61 Å². The Morgan fingerprint density at radius 2 is 1.85 bits per heavy atom. The summed E-state index contributed by atoms with van der Waals surface area (Å²) in [6.45, 7) is 12.7. The lowest BCUT2D eigenvalue weighted by atomic mass is 10.2. The minimum Gasteiger partial charge on any atom is -0.493 e. The summed E-state index contributed by atoms with van der Waals surface area (Å²) >= 11 is 0. The van der Waals surface area contributed by atoms with E-state index in [0.29, 0.717) is 0 Å². The highest BCUT2D eigenvalue weighted by Gasteiger charge is 2.03. The molecule has 0 amide bonds. The zero-order valence-electron chi connectivity index (χ0n) is 13.3. The van der Waals surface area contributed by atoms with E-state index in [1.807, 2.05) is 6.07 Å². The molecular formula is C17H30N2O. The maximum atomic E-state index is 5.85. The van der Waals surface area contributed by atoms with Gasteiger partial charge in [0.2, 0.25) is 0 Å². The highest BCUT2D eigenvalue weighted by Crippen LogP contribution is 2.17. The fourth-order valence-electron chi connectivity index (χ4n) is 2.12. The van der Waals surface area contributed by atoms with Crippen LogP contribution in [0.15, 0.2) is 24.3 Å². The molecule has 0 aliphatic carbocycles. The van der Waals surface area contributed by atoms with Gasteiger partial charge in [-0.2, -0.15) is 0 Å². The van der Waals surface area contributed by atoms with Gasteiger partial charge in [0, 0.05) is 25.2 Å².